The SMILES string of the molecule is CC1Oc2ccc(C(=O)c3ccccc3I)cc2NC1=O. The first kappa shape index (κ1) is 14.1. The Morgan fingerprint density at radius 2 is 2.00 bits per heavy atom. The summed E-state index contributed by atoms with van der Waals surface area (Å²) in [4.78, 5) is 24.2. The molecule has 3 rings (SSSR count). The molecule has 1 aliphatic heterocycles. The zero-order chi connectivity index (χ0) is 15.0. The third-order valence-corrected chi connectivity index (χ3v) is 4.23. The largest absolute Gasteiger partial charge is 0.479 e. The highest BCUT2D eigenvalue weighted by atomic mass is 127. The van der Waals surface area contributed by atoms with E-state index >= 15 is 0 Å². The standard InChI is InChI=1S/C16H12INO3/c1-9-16(20)18-13-8-10(6-7-14(13)21-9)15(19)11-4-2-3-5-12(11)17/h2-9H,1H3,(H,18,20). The van der Waals surface area contributed by atoms with E-state index in [-0.39, 0.29) is 11.7 Å². The van der Waals surface area contributed by atoms with E-state index < -0.39 is 6.10 Å². The molecule has 1 atom stereocenters. The minimum atomic E-state index is -0.519. The Kier molecular flexibility index (Phi) is 3.67. The van der Waals surface area contributed by atoms with Crippen molar-refractivity contribution in [2.75, 3.05) is 5.32 Å². The van der Waals surface area contributed by atoms with Crippen LogP contribution in [0.25, 0.3) is 0 Å². The number of anilines is 1. The van der Waals surface area contributed by atoms with Crippen LogP contribution in [0.3, 0.4) is 0 Å². The fourth-order valence-corrected chi connectivity index (χ4v) is 2.78. The summed E-state index contributed by atoms with van der Waals surface area (Å²) < 4.78 is 6.38. The van der Waals surface area contributed by atoms with Gasteiger partial charge in [0, 0.05) is 14.7 Å². The van der Waals surface area contributed by atoms with Crippen LogP contribution in [-0.2, 0) is 4.79 Å². The van der Waals surface area contributed by atoms with Crippen LogP contribution in [0.1, 0.15) is 22.8 Å². The molecule has 0 saturated carbocycles. The number of carbonyl (C=O) groups excluding carboxylic acids is 2. The molecule has 2 aromatic rings. The lowest BCUT2D eigenvalue weighted by atomic mass is 10.0. The Balaban J connectivity index is 1.98. The molecule has 106 valence electrons. The quantitative estimate of drug-likeness (QED) is 0.630. The Morgan fingerprint density at radius 3 is 2.76 bits per heavy atom. The second kappa shape index (κ2) is 5.48. The van der Waals surface area contributed by atoms with Crippen molar-refractivity contribution in [1.29, 1.82) is 0 Å². The van der Waals surface area contributed by atoms with E-state index in [1.165, 1.54) is 0 Å². The Labute approximate surface area is 135 Å². The summed E-state index contributed by atoms with van der Waals surface area (Å²) in [6.45, 7) is 1.68. The van der Waals surface area contributed by atoms with Crippen molar-refractivity contribution < 1.29 is 14.3 Å². The normalized spacial score (nSPS) is 16.7. The molecular weight excluding hydrogens is 381 g/mol. The first-order chi connectivity index (χ1) is 10.1. The van der Waals surface area contributed by atoms with Gasteiger partial charge in [-0.2, -0.15) is 0 Å². The zero-order valence-corrected chi connectivity index (χ0v) is 13.4. The van der Waals surface area contributed by atoms with Gasteiger partial charge < -0.3 is 10.1 Å². The van der Waals surface area contributed by atoms with Crippen LogP contribution in [-0.4, -0.2) is 17.8 Å². The van der Waals surface area contributed by atoms with Crippen LogP contribution < -0.4 is 10.1 Å². The van der Waals surface area contributed by atoms with E-state index in [1.807, 2.05) is 18.2 Å². The van der Waals surface area contributed by atoms with Crippen molar-refractivity contribution in [3.63, 3.8) is 0 Å². The molecule has 1 N–H and O–H groups in total. The minimum Gasteiger partial charge on any atom is -0.479 e. The number of hydrogen-bond acceptors (Lipinski definition) is 3. The van der Waals surface area contributed by atoms with Gasteiger partial charge in [0.2, 0.25) is 0 Å². The van der Waals surface area contributed by atoms with E-state index in [1.54, 1.807) is 31.2 Å². The van der Waals surface area contributed by atoms with E-state index in [0.29, 0.717) is 22.6 Å². The van der Waals surface area contributed by atoms with Gasteiger partial charge >= 0.3 is 0 Å². The van der Waals surface area contributed by atoms with Crippen LogP contribution in [0.4, 0.5) is 5.69 Å². The molecule has 5 heteroatoms. The van der Waals surface area contributed by atoms with Crippen molar-refractivity contribution in [3.8, 4) is 5.75 Å². The summed E-state index contributed by atoms with van der Waals surface area (Å²) in [5, 5.41) is 2.75. The molecule has 1 unspecified atom stereocenters. The minimum absolute atomic E-state index is 0.0735. The lowest BCUT2D eigenvalue weighted by molar-refractivity contribution is -0.122. The molecule has 0 bridgehead atoms. The smallest absolute Gasteiger partial charge is 0.265 e. The number of benzene rings is 2. The topological polar surface area (TPSA) is 55.4 Å². The van der Waals surface area contributed by atoms with E-state index in [0.717, 1.165) is 3.57 Å². The van der Waals surface area contributed by atoms with Crippen molar-refractivity contribution in [2.24, 2.45) is 0 Å². The molecular formula is C16H12INO3. The number of hydrogen-bond donors (Lipinski definition) is 1. The number of ketones is 1. The Morgan fingerprint density at radius 1 is 1.24 bits per heavy atom. The molecule has 0 aromatic heterocycles. The predicted molar refractivity (Wildman–Crippen MR) is 87.8 cm³/mol. The van der Waals surface area contributed by atoms with Crippen LogP contribution in [0, 0.1) is 3.57 Å². The first-order valence-corrected chi connectivity index (χ1v) is 7.55. The molecule has 1 amide bonds. The van der Waals surface area contributed by atoms with Gasteiger partial charge in [-0.1, -0.05) is 12.1 Å². The summed E-state index contributed by atoms with van der Waals surface area (Å²) in [5.74, 6) is 0.304. The number of carbonyl (C=O) groups is 2. The van der Waals surface area contributed by atoms with Gasteiger partial charge in [0.25, 0.3) is 5.91 Å². The molecule has 0 saturated heterocycles. The Bertz CT molecular complexity index is 742. The third-order valence-electron chi connectivity index (χ3n) is 3.29. The first-order valence-electron chi connectivity index (χ1n) is 6.47. The third kappa shape index (κ3) is 2.65. The highest BCUT2D eigenvalue weighted by Gasteiger charge is 2.24. The summed E-state index contributed by atoms with van der Waals surface area (Å²) in [7, 11) is 0. The fourth-order valence-electron chi connectivity index (χ4n) is 2.15. The number of ether oxygens (including phenoxy) is 1. The number of nitrogens with one attached hydrogen (secondary N) is 1. The average Bonchev–Trinajstić information content (AvgIpc) is 2.48. The van der Waals surface area contributed by atoms with Crippen molar-refractivity contribution in [1.82, 2.24) is 0 Å². The maximum Gasteiger partial charge on any atom is 0.265 e. The van der Waals surface area contributed by atoms with Gasteiger partial charge in [-0.15, -0.1) is 0 Å². The summed E-state index contributed by atoms with van der Waals surface area (Å²) in [5.41, 5.74) is 1.71. The second-order valence-corrected chi connectivity index (χ2v) is 5.93. The molecule has 1 aliphatic rings. The van der Waals surface area contributed by atoms with E-state index in [2.05, 4.69) is 27.9 Å². The molecule has 21 heavy (non-hydrogen) atoms. The zero-order valence-electron chi connectivity index (χ0n) is 11.2. The number of amides is 1. The average molecular weight is 393 g/mol. The number of halogens is 1. The van der Waals surface area contributed by atoms with Crippen LogP contribution in [0.2, 0.25) is 0 Å². The molecule has 2 aromatic carbocycles. The predicted octanol–water partition coefficient (Wildman–Crippen LogP) is 3.24. The number of rotatable bonds is 2. The number of fused-ring (bicyclic) bond motifs is 1. The van der Waals surface area contributed by atoms with Crippen molar-refractivity contribution >= 4 is 40.0 Å². The molecule has 0 fully saturated rings. The summed E-state index contributed by atoms with van der Waals surface area (Å²) in [6.07, 6.45) is -0.519. The van der Waals surface area contributed by atoms with Crippen molar-refractivity contribution in [2.45, 2.75) is 13.0 Å². The van der Waals surface area contributed by atoms with Gasteiger partial charge in [0.1, 0.15) is 5.75 Å². The van der Waals surface area contributed by atoms with Crippen molar-refractivity contribution in [3.05, 3.63) is 57.2 Å². The van der Waals surface area contributed by atoms with Gasteiger partial charge in [-0.3, -0.25) is 9.59 Å². The van der Waals surface area contributed by atoms with Crippen LogP contribution in [0.15, 0.2) is 42.5 Å². The molecule has 1 heterocycles. The lowest BCUT2D eigenvalue weighted by Crippen LogP contribution is -2.34. The monoisotopic (exact) mass is 393 g/mol. The molecule has 4 nitrogen and oxygen atoms in total. The summed E-state index contributed by atoms with van der Waals surface area (Å²) >= 11 is 2.14. The molecule has 0 aliphatic carbocycles. The van der Waals surface area contributed by atoms with Gasteiger partial charge in [-0.25, -0.2) is 0 Å². The summed E-state index contributed by atoms with van der Waals surface area (Å²) in [6, 6.07) is 12.5. The lowest BCUT2D eigenvalue weighted by Gasteiger charge is -2.23. The highest BCUT2D eigenvalue weighted by Crippen LogP contribution is 2.31. The highest BCUT2D eigenvalue weighted by molar-refractivity contribution is 14.1. The second-order valence-electron chi connectivity index (χ2n) is 4.77. The molecule has 0 spiro atoms. The van der Waals surface area contributed by atoms with Gasteiger partial charge in [0.05, 0.1) is 5.69 Å². The fraction of sp³-hybridized carbons (Fsp3) is 0.125. The van der Waals surface area contributed by atoms with Crippen LogP contribution >= 0.6 is 22.6 Å². The van der Waals surface area contributed by atoms with Gasteiger partial charge in [-0.05, 0) is 59.8 Å². The van der Waals surface area contributed by atoms with E-state index in [9.17, 15) is 9.59 Å². The Hall–Kier alpha value is -1.89. The maximum atomic E-state index is 12.5. The van der Waals surface area contributed by atoms with Gasteiger partial charge in [0.15, 0.2) is 11.9 Å². The van der Waals surface area contributed by atoms with E-state index in [4.69, 9.17) is 4.74 Å². The maximum absolute atomic E-state index is 12.5. The van der Waals surface area contributed by atoms with Crippen LogP contribution in [0.5, 0.6) is 5.75 Å². The molecule has 0 radical (unpaired) electrons.